The van der Waals surface area contributed by atoms with Gasteiger partial charge in [-0.05, 0) is 50.5 Å². The summed E-state index contributed by atoms with van der Waals surface area (Å²) in [6.07, 6.45) is 7.69. The highest BCUT2D eigenvalue weighted by Crippen LogP contribution is 2.18. The molecule has 0 unspecified atom stereocenters. The molecule has 0 fully saturated rings. The number of rotatable bonds is 4. The zero-order valence-electron chi connectivity index (χ0n) is 10.8. The first-order valence-electron chi connectivity index (χ1n) is 5.73. The fraction of sp³-hybridized carbons (Fsp3) is 0.267. The molecule has 0 heterocycles. The molecule has 0 N–H and O–H groups in total. The normalized spacial score (nSPS) is 17.5. The Balaban J connectivity index is 2.85. The van der Waals surface area contributed by atoms with Gasteiger partial charge in [-0.1, -0.05) is 12.2 Å². The average Bonchev–Trinajstić information content (AvgIpc) is 2.33. The van der Waals surface area contributed by atoms with Gasteiger partial charge in [-0.25, -0.2) is 0 Å². The first-order chi connectivity index (χ1) is 8.45. The molecule has 0 saturated heterocycles. The molecule has 94 valence electrons. The first-order valence-corrected chi connectivity index (χ1v) is 5.73. The van der Waals surface area contributed by atoms with Crippen LogP contribution in [0.4, 0.5) is 0 Å². The van der Waals surface area contributed by atoms with Crippen LogP contribution in [0.15, 0.2) is 46.6 Å². The molecule has 18 heavy (non-hydrogen) atoms. The Labute approximate surface area is 107 Å². The Kier molecular flexibility index (Phi) is 4.72. The predicted molar refractivity (Wildman–Crippen MR) is 70.0 cm³/mol. The molecule has 0 atom stereocenters. The maximum absolute atomic E-state index is 11.7. The second-order valence-corrected chi connectivity index (χ2v) is 4.30. The van der Waals surface area contributed by atoms with Crippen LogP contribution in [0, 0.1) is 0 Å². The fourth-order valence-corrected chi connectivity index (χ4v) is 1.55. The van der Waals surface area contributed by atoms with Gasteiger partial charge in [0.2, 0.25) is 0 Å². The van der Waals surface area contributed by atoms with Gasteiger partial charge in [0.15, 0.2) is 11.6 Å². The summed E-state index contributed by atoms with van der Waals surface area (Å²) in [5.41, 5.74) is 2.30. The van der Waals surface area contributed by atoms with Crippen LogP contribution in [0.1, 0.15) is 27.2 Å². The number of aldehydes is 1. The average molecular weight is 244 g/mol. The monoisotopic (exact) mass is 244 g/mol. The minimum absolute atomic E-state index is 0.128. The smallest absolute Gasteiger partial charge is 0.186 e. The largest absolute Gasteiger partial charge is 0.298 e. The van der Waals surface area contributed by atoms with Gasteiger partial charge in [0.1, 0.15) is 6.29 Å². The molecule has 0 aromatic rings. The molecule has 0 aromatic carbocycles. The number of hydrogen-bond donors (Lipinski definition) is 0. The number of ketones is 2. The van der Waals surface area contributed by atoms with Gasteiger partial charge in [0, 0.05) is 11.1 Å². The van der Waals surface area contributed by atoms with Crippen molar-refractivity contribution >= 4 is 17.9 Å². The van der Waals surface area contributed by atoms with Crippen molar-refractivity contribution in [3.05, 3.63) is 46.6 Å². The van der Waals surface area contributed by atoms with Crippen molar-refractivity contribution in [2.45, 2.75) is 27.2 Å². The van der Waals surface area contributed by atoms with Crippen molar-refractivity contribution in [2.75, 3.05) is 0 Å². The highest BCUT2D eigenvalue weighted by atomic mass is 16.1. The number of carbonyl (C=O) groups excluding carboxylic acids is 3. The van der Waals surface area contributed by atoms with Crippen molar-refractivity contribution in [1.82, 2.24) is 0 Å². The second kappa shape index (κ2) is 6.05. The Hall–Kier alpha value is -2.03. The van der Waals surface area contributed by atoms with Gasteiger partial charge in [-0.15, -0.1) is 0 Å². The van der Waals surface area contributed by atoms with Crippen LogP contribution in [0.2, 0.25) is 0 Å². The maximum Gasteiger partial charge on any atom is 0.186 e. The zero-order chi connectivity index (χ0) is 13.7. The van der Waals surface area contributed by atoms with Gasteiger partial charge in [0.25, 0.3) is 0 Å². The quantitative estimate of drug-likeness (QED) is 0.433. The van der Waals surface area contributed by atoms with Crippen LogP contribution in [0.25, 0.3) is 0 Å². The lowest BCUT2D eigenvalue weighted by atomic mass is 9.93. The zero-order valence-corrected chi connectivity index (χ0v) is 10.8. The lowest BCUT2D eigenvalue weighted by molar-refractivity contribution is -0.115. The standard InChI is InChI=1S/C15H16O3/c1-10(9-16)5-4-6-11(2)13-8-14(17)12(3)7-15(13)18/h5-9H,4H2,1-3H3. The summed E-state index contributed by atoms with van der Waals surface area (Å²) in [6, 6.07) is 0. The molecule has 0 aromatic heterocycles. The summed E-state index contributed by atoms with van der Waals surface area (Å²) in [7, 11) is 0. The van der Waals surface area contributed by atoms with Crippen LogP contribution >= 0.6 is 0 Å². The fourth-order valence-electron chi connectivity index (χ4n) is 1.55. The summed E-state index contributed by atoms with van der Waals surface area (Å²) in [6.45, 7) is 5.13. The van der Waals surface area contributed by atoms with Crippen molar-refractivity contribution in [1.29, 1.82) is 0 Å². The molecule has 1 aliphatic rings. The van der Waals surface area contributed by atoms with E-state index in [1.54, 1.807) is 26.8 Å². The third-order valence-electron chi connectivity index (χ3n) is 2.75. The minimum atomic E-state index is -0.142. The van der Waals surface area contributed by atoms with Crippen LogP contribution < -0.4 is 0 Å². The molecular formula is C15H16O3. The van der Waals surface area contributed by atoms with E-state index in [1.165, 1.54) is 12.2 Å². The molecule has 1 rings (SSSR count). The lowest BCUT2D eigenvalue weighted by Crippen LogP contribution is -2.12. The summed E-state index contributed by atoms with van der Waals surface area (Å²) in [5, 5.41) is 0. The molecular weight excluding hydrogens is 228 g/mol. The van der Waals surface area contributed by atoms with E-state index in [0.29, 0.717) is 23.1 Å². The van der Waals surface area contributed by atoms with E-state index in [1.807, 2.05) is 6.08 Å². The summed E-state index contributed by atoms with van der Waals surface area (Å²) >= 11 is 0. The van der Waals surface area contributed by atoms with E-state index in [0.717, 1.165) is 11.9 Å². The van der Waals surface area contributed by atoms with Gasteiger partial charge in [-0.2, -0.15) is 0 Å². The molecule has 0 bridgehead atoms. The van der Waals surface area contributed by atoms with E-state index < -0.39 is 0 Å². The molecule has 3 nitrogen and oxygen atoms in total. The third-order valence-corrected chi connectivity index (χ3v) is 2.75. The van der Waals surface area contributed by atoms with E-state index in [-0.39, 0.29) is 11.6 Å². The van der Waals surface area contributed by atoms with Crippen molar-refractivity contribution in [3.63, 3.8) is 0 Å². The van der Waals surface area contributed by atoms with E-state index in [9.17, 15) is 14.4 Å². The SMILES string of the molecule is CC(C=O)=CCC=C(C)C1=CC(=O)C(C)=CC1=O. The summed E-state index contributed by atoms with van der Waals surface area (Å²) < 4.78 is 0. The highest BCUT2D eigenvalue weighted by Gasteiger charge is 2.17. The van der Waals surface area contributed by atoms with Crippen LogP contribution in [-0.2, 0) is 14.4 Å². The van der Waals surface area contributed by atoms with E-state index >= 15 is 0 Å². The third kappa shape index (κ3) is 3.48. The molecule has 0 radical (unpaired) electrons. The number of hydrogen-bond acceptors (Lipinski definition) is 3. The topological polar surface area (TPSA) is 51.2 Å². The molecule has 0 saturated carbocycles. The van der Waals surface area contributed by atoms with Crippen molar-refractivity contribution < 1.29 is 14.4 Å². The molecule has 0 aliphatic heterocycles. The van der Waals surface area contributed by atoms with E-state index in [4.69, 9.17) is 0 Å². The minimum Gasteiger partial charge on any atom is -0.298 e. The van der Waals surface area contributed by atoms with Crippen molar-refractivity contribution in [3.8, 4) is 0 Å². The highest BCUT2D eigenvalue weighted by molar-refractivity contribution is 6.21. The van der Waals surface area contributed by atoms with E-state index in [2.05, 4.69) is 0 Å². The molecule has 1 aliphatic carbocycles. The Morgan fingerprint density at radius 1 is 1.11 bits per heavy atom. The molecule has 3 heteroatoms. The Bertz CT molecular complexity index is 514. The first kappa shape index (κ1) is 14.0. The number of allylic oxidation sites excluding steroid dienone is 8. The summed E-state index contributed by atoms with van der Waals surface area (Å²) in [4.78, 5) is 33.6. The van der Waals surface area contributed by atoms with Crippen LogP contribution in [0.3, 0.4) is 0 Å². The van der Waals surface area contributed by atoms with Crippen LogP contribution in [0.5, 0.6) is 0 Å². The van der Waals surface area contributed by atoms with Gasteiger partial charge in [-0.3, -0.25) is 14.4 Å². The van der Waals surface area contributed by atoms with Crippen molar-refractivity contribution in [2.24, 2.45) is 0 Å². The predicted octanol–water partition coefficient (Wildman–Crippen LogP) is 2.49. The Morgan fingerprint density at radius 3 is 2.39 bits per heavy atom. The van der Waals surface area contributed by atoms with Gasteiger partial charge >= 0.3 is 0 Å². The number of carbonyl (C=O) groups is 3. The van der Waals surface area contributed by atoms with Gasteiger partial charge < -0.3 is 0 Å². The maximum atomic E-state index is 11.7. The van der Waals surface area contributed by atoms with Gasteiger partial charge in [0.05, 0.1) is 0 Å². The molecule has 0 spiro atoms. The Morgan fingerprint density at radius 2 is 1.78 bits per heavy atom. The van der Waals surface area contributed by atoms with Crippen LogP contribution in [-0.4, -0.2) is 17.9 Å². The summed E-state index contributed by atoms with van der Waals surface area (Å²) in [5.74, 6) is -0.270. The molecule has 0 amide bonds. The second-order valence-electron chi connectivity index (χ2n) is 4.30. The lowest BCUT2D eigenvalue weighted by Gasteiger charge is -2.09.